The molecule has 0 saturated carbocycles. The monoisotopic (exact) mass is 242 g/mol. The summed E-state index contributed by atoms with van der Waals surface area (Å²) in [5.74, 6) is 0.231. The molecule has 0 amide bonds. The van der Waals surface area contributed by atoms with Gasteiger partial charge in [-0.1, -0.05) is 12.1 Å². The van der Waals surface area contributed by atoms with Crippen molar-refractivity contribution in [2.75, 3.05) is 5.73 Å². The summed E-state index contributed by atoms with van der Waals surface area (Å²) in [6.45, 7) is 0.302. The van der Waals surface area contributed by atoms with E-state index in [1.54, 1.807) is 30.3 Å². The molecule has 0 fully saturated rings. The number of benzene rings is 2. The molecule has 2 aromatic carbocycles. The van der Waals surface area contributed by atoms with Crippen LogP contribution < -0.4 is 10.5 Å². The minimum absolute atomic E-state index is 0.281. The van der Waals surface area contributed by atoms with Crippen LogP contribution in [0.15, 0.2) is 42.5 Å². The number of anilines is 1. The lowest BCUT2D eigenvalue weighted by Crippen LogP contribution is -1.99. The van der Waals surface area contributed by atoms with E-state index in [0.29, 0.717) is 23.6 Å². The zero-order chi connectivity index (χ0) is 13.0. The van der Waals surface area contributed by atoms with Gasteiger partial charge in [0, 0.05) is 0 Å². The second-order valence-corrected chi connectivity index (χ2v) is 3.78. The molecule has 0 heterocycles. The van der Waals surface area contributed by atoms with Crippen LogP contribution in [-0.2, 0) is 6.61 Å². The van der Waals surface area contributed by atoms with E-state index in [0.717, 1.165) is 5.56 Å². The Morgan fingerprint density at radius 3 is 2.50 bits per heavy atom. The molecule has 0 unspecified atom stereocenters. The number of hydrogen-bond donors (Lipinski definition) is 1. The number of nitriles is 1. The normalized spacial score (nSPS) is 9.78. The third kappa shape index (κ3) is 2.77. The van der Waals surface area contributed by atoms with Gasteiger partial charge in [0.05, 0.1) is 17.3 Å². The van der Waals surface area contributed by atoms with Gasteiger partial charge >= 0.3 is 0 Å². The first-order valence-corrected chi connectivity index (χ1v) is 5.36. The van der Waals surface area contributed by atoms with Crippen molar-refractivity contribution in [1.82, 2.24) is 0 Å². The van der Waals surface area contributed by atoms with E-state index in [1.807, 2.05) is 6.07 Å². The molecule has 0 spiro atoms. The molecular formula is C14H11FN2O. The summed E-state index contributed by atoms with van der Waals surface area (Å²) < 4.78 is 18.2. The van der Waals surface area contributed by atoms with Gasteiger partial charge in [-0.2, -0.15) is 5.26 Å². The fourth-order valence-electron chi connectivity index (χ4n) is 1.49. The molecule has 2 rings (SSSR count). The molecule has 0 aliphatic heterocycles. The SMILES string of the molecule is N#Cc1ccc(OCc2ccc(F)cc2)c(N)c1. The number of nitrogen functional groups attached to an aromatic ring is 1. The largest absolute Gasteiger partial charge is 0.487 e. The number of rotatable bonds is 3. The maximum Gasteiger partial charge on any atom is 0.142 e. The molecule has 2 N–H and O–H groups in total. The molecule has 18 heavy (non-hydrogen) atoms. The fourth-order valence-corrected chi connectivity index (χ4v) is 1.49. The van der Waals surface area contributed by atoms with Gasteiger partial charge in [-0.05, 0) is 35.9 Å². The third-order valence-corrected chi connectivity index (χ3v) is 2.45. The molecule has 0 radical (unpaired) electrons. The maximum atomic E-state index is 12.7. The molecule has 0 aliphatic carbocycles. The van der Waals surface area contributed by atoms with Crippen molar-refractivity contribution in [3.8, 4) is 11.8 Å². The summed E-state index contributed by atoms with van der Waals surface area (Å²) in [7, 11) is 0. The molecule has 0 bridgehead atoms. The average Bonchev–Trinajstić information content (AvgIpc) is 2.39. The summed E-state index contributed by atoms with van der Waals surface area (Å²) in [6.07, 6.45) is 0. The second-order valence-electron chi connectivity index (χ2n) is 3.78. The number of halogens is 1. The van der Waals surface area contributed by atoms with Crippen LogP contribution in [-0.4, -0.2) is 0 Å². The lowest BCUT2D eigenvalue weighted by Gasteiger charge is -2.09. The highest BCUT2D eigenvalue weighted by Gasteiger charge is 2.02. The van der Waals surface area contributed by atoms with Crippen molar-refractivity contribution >= 4 is 5.69 Å². The predicted molar refractivity (Wildman–Crippen MR) is 66.3 cm³/mol. The van der Waals surface area contributed by atoms with Gasteiger partial charge in [-0.3, -0.25) is 0 Å². The van der Waals surface area contributed by atoms with Crippen LogP contribution in [0.5, 0.6) is 5.75 Å². The molecule has 0 aromatic heterocycles. The van der Waals surface area contributed by atoms with Crippen LogP contribution in [0, 0.1) is 17.1 Å². The van der Waals surface area contributed by atoms with Crippen molar-refractivity contribution in [3.05, 3.63) is 59.4 Å². The van der Waals surface area contributed by atoms with E-state index in [4.69, 9.17) is 15.7 Å². The van der Waals surface area contributed by atoms with Gasteiger partial charge in [0.15, 0.2) is 0 Å². The molecule has 3 nitrogen and oxygen atoms in total. The molecule has 90 valence electrons. The third-order valence-electron chi connectivity index (χ3n) is 2.45. The highest BCUT2D eigenvalue weighted by Crippen LogP contribution is 2.23. The van der Waals surface area contributed by atoms with Gasteiger partial charge in [0.1, 0.15) is 18.2 Å². The highest BCUT2D eigenvalue weighted by atomic mass is 19.1. The lowest BCUT2D eigenvalue weighted by molar-refractivity contribution is 0.308. The van der Waals surface area contributed by atoms with E-state index >= 15 is 0 Å². The van der Waals surface area contributed by atoms with Crippen molar-refractivity contribution in [2.24, 2.45) is 0 Å². The second kappa shape index (κ2) is 5.19. The first kappa shape index (κ1) is 11.9. The fraction of sp³-hybridized carbons (Fsp3) is 0.0714. The molecule has 4 heteroatoms. The Kier molecular flexibility index (Phi) is 3.44. The van der Waals surface area contributed by atoms with Crippen LogP contribution in [0.25, 0.3) is 0 Å². The minimum atomic E-state index is -0.281. The topological polar surface area (TPSA) is 59.0 Å². The van der Waals surface area contributed by atoms with Gasteiger partial charge < -0.3 is 10.5 Å². The summed E-state index contributed by atoms with van der Waals surface area (Å²) in [5, 5.41) is 8.70. The van der Waals surface area contributed by atoms with Crippen molar-refractivity contribution in [3.63, 3.8) is 0 Å². The zero-order valence-corrected chi connectivity index (χ0v) is 9.56. The Bertz CT molecular complexity index is 588. The van der Waals surface area contributed by atoms with Gasteiger partial charge in [0.25, 0.3) is 0 Å². The molecule has 0 aliphatic rings. The maximum absolute atomic E-state index is 12.7. The molecular weight excluding hydrogens is 231 g/mol. The number of ether oxygens (including phenoxy) is 1. The lowest BCUT2D eigenvalue weighted by atomic mass is 10.2. The van der Waals surface area contributed by atoms with E-state index in [1.165, 1.54) is 12.1 Å². The Hall–Kier alpha value is -2.54. The quantitative estimate of drug-likeness (QED) is 0.842. The number of nitrogens with zero attached hydrogens (tertiary/aromatic N) is 1. The minimum Gasteiger partial charge on any atom is -0.487 e. The van der Waals surface area contributed by atoms with Gasteiger partial charge in [0.2, 0.25) is 0 Å². The van der Waals surface area contributed by atoms with E-state index in [-0.39, 0.29) is 5.82 Å². The number of hydrogen-bond acceptors (Lipinski definition) is 3. The highest BCUT2D eigenvalue weighted by molar-refractivity contribution is 5.56. The summed E-state index contributed by atoms with van der Waals surface area (Å²) in [4.78, 5) is 0. The van der Waals surface area contributed by atoms with E-state index < -0.39 is 0 Å². The van der Waals surface area contributed by atoms with Crippen molar-refractivity contribution in [2.45, 2.75) is 6.61 Å². The van der Waals surface area contributed by atoms with Gasteiger partial charge in [-0.25, -0.2) is 4.39 Å². The Morgan fingerprint density at radius 2 is 1.89 bits per heavy atom. The standard InChI is InChI=1S/C14H11FN2O/c15-12-4-1-10(2-5-12)9-18-14-6-3-11(8-16)7-13(14)17/h1-7H,9,17H2. The van der Waals surface area contributed by atoms with E-state index in [2.05, 4.69) is 0 Å². The first-order valence-electron chi connectivity index (χ1n) is 5.36. The smallest absolute Gasteiger partial charge is 0.142 e. The van der Waals surface area contributed by atoms with Crippen molar-refractivity contribution < 1.29 is 9.13 Å². The summed E-state index contributed by atoms with van der Waals surface area (Å²) >= 11 is 0. The molecule has 0 atom stereocenters. The Balaban J connectivity index is 2.06. The first-order chi connectivity index (χ1) is 8.69. The zero-order valence-electron chi connectivity index (χ0n) is 9.56. The Labute approximate surface area is 104 Å². The summed E-state index contributed by atoms with van der Waals surface area (Å²) in [5.41, 5.74) is 7.50. The average molecular weight is 242 g/mol. The number of nitrogens with two attached hydrogens (primary N) is 1. The Morgan fingerprint density at radius 1 is 1.17 bits per heavy atom. The van der Waals surface area contributed by atoms with Crippen molar-refractivity contribution in [1.29, 1.82) is 5.26 Å². The van der Waals surface area contributed by atoms with Crippen LogP contribution in [0.4, 0.5) is 10.1 Å². The molecule has 2 aromatic rings. The van der Waals surface area contributed by atoms with Crippen LogP contribution in [0.2, 0.25) is 0 Å². The van der Waals surface area contributed by atoms with Crippen LogP contribution in [0.1, 0.15) is 11.1 Å². The predicted octanol–water partition coefficient (Wildman–Crippen LogP) is 2.86. The van der Waals surface area contributed by atoms with E-state index in [9.17, 15) is 4.39 Å². The van der Waals surface area contributed by atoms with Crippen LogP contribution >= 0.6 is 0 Å². The van der Waals surface area contributed by atoms with Gasteiger partial charge in [-0.15, -0.1) is 0 Å². The molecule has 0 saturated heterocycles. The van der Waals surface area contributed by atoms with Crippen LogP contribution in [0.3, 0.4) is 0 Å². The summed E-state index contributed by atoms with van der Waals surface area (Å²) in [6, 6.07) is 12.9.